The summed E-state index contributed by atoms with van der Waals surface area (Å²) in [5.74, 6) is -0.868. The van der Waals surface area contributed by atoms with Gasteiger partial charge in [-0.3, -0.25) is 4.18 Å². The molecule has 0 aliphatic heterocycles. The molecule has 0 aromatic heterocycles. The lowest BCUT2D eigenvalue weighted by molar-refractivity contribution is -0.139. The van der Waals surface area contributed by atoms with Crippen LogP contribution >= 0.6 is 0 Å². The Hall–Kier alpha value is -2.03. The molecular weight excluding hydrogens is 328 g/mol. The predicted molar refractivity (Wildman–Crippen MR) is 79.9 cm³/mol. The van der Waals surface area contributed by atoms with Gasteiger partial charge < -0.3 is 9.29 Å². The van der Waals surface area contributed by atoms with Crippen molar-refractivity contribution in [2.24, 2.45) is 0 Å². The van der Waals surface area contributed by atoms with Gasteiger partial charge in [-0.2, -0.15) is 0 Å². The van der Waals surface area contributed by atoms with E-state index in [1.807, 2.05) is 6.07 Å². The van der Waals surface area contributed by atoms with E-state index in [4.69, 9.17) is 9.29 Å². The first-order valence-electron chi connectivity index (χ1n) is 6.08. The van der Waals surface area contributed by atoms with Crippen LogP contribution < -0.4 is 4.18 Å². The van der Waals surface area contributed by atoms with Gasteiger partial charge in [0.1, 0.15) is 5.75 Å². The van der Waals surface area contributed by atoms with Gasteiger partial charge in [-0.05, 0) is 36.4 Å². The summed E-state index contributed by atoms with van der Waals surface area (Å²) in [5, 5.41) is 8.45. The van der Waals surface area contributed by atoms with Gasteiger partial charge in [-0.25, -0.2) is 13.2 Å². The third kappa shape index (κ3) is 4.76. The van der Waals surface area contributed by atoms with E-state index in [0.717, 1.165) is 0 Å². The van der Waals surface area contributed by atoms with E-state index in [9.17, 15) is 13.2 Å². The molecule has 0 amide bonds. The van der Waals surface area contributed by atoms with Crippen LogP contribution in [-0.4, -0.2) is 26.1 Å². The molecule has 2 unspecified atom stereocenters. The lowest BCUT2D eigenvalue weighted by atomic mass is 10.3. The van der Waals surface area contributed by atoms with Crippen LogP contribution in [-0.2, 0) is 31.1 Å². The number of aliphatic carboxylic acids is 1. The Morgan fingerprint density at radius 3 is 2.09 bits per heavy atom. The van der Waals surface area contributed by atoms with Crippen molar-refractivity contribution in [3.05, 3.63) is 54.6 Å². The van der Waals surface area contributed by atoms with Crippen LogP contribution in [0.1, 0.15) is 0 Å². The maximum Gasteiger partial charge on any atom is 0.331 e. The summed E-state index contributed by atoms with van der Waals surface area (Å²) in [5.41, 5.74) is 0. The Kier molecular flexibility index (Phi) is 5.82. The molecule has 0 radical (unpaired) electrons. The summed E-state index contributed by atoms with van der Waals surface area (Å²) >= 11 is -3.52. The first kappa shape index (κ1) is 16.3. The molecule has 0 saturated carbocycles. The van der Waals surface area contributed by atoms with Crippen molar-refractivity contribution in [3.63, 3.8) is 0 Å². The van der Waals surface area contributed by atoms with E-state index in [2.05, 4.69) is 4.18 Å². The Morgan fingerprint density at radius 1 is 0.909 bits per heavy atom. The minimum atomic E-state index is -1.87. The van der Waals surface area contributed by atoms with Crippen molar-refractivity contribution < 1.29 is 26.7 Å². The van der Waals surface area contributed by atoms with Crippen LogP contribution in [0, 0.1) is 0 Å². The van der Waals surface area contributed by atoms with E-state index in [0.29, 0.717) is 15.5 Å². The average molecular weight is 340 g/mol. The zero-order valence-corrected chi connectivity index (χ0v) is 12.8. The molecule has 2 atom stereocenters. The quantitative estimate of drug-likeness (QED) is 0.828. The first-order chi connectivity index (χ1) is 10.6. The molecule has 0 bridgehead atoms. The van der Waals surface area contributed by atoms with Crippen LogP contribution in [0.25, 0.3) is 0 Å². The van der Waals surface area contributed by atoms with Crippen molar-refractivity contribution in [1.82, 2.24) is 0 Å². The van der Waals surface area contributed by atoms with Crippen LogP contribution in [0.15, 0.2) is 64.4 Å². The van der Waals surface area contributed by atoms with Gasteiger partial charge in [0, 0.05) is 0 Å². The molecule has 2 aromatic rings. The second-order valence-electron chi connectivity index (χ2n) is 3.99. The number of carbonyl (C=O) groups is 1. The highest BCUT2D eigenvalue weighted by atomic mass is 32.2. The number of benzene rings is 2. The summed E-state index contributed by atoms with van der Waals surface area (Å²) in [6.45, 7) is -0.650. The van der Waals surface area contributed by atoms with E-state index < -0.39 is 34.7 Å². The van der Waals surface area contributed by atoms with Gasteiger partial charge >= 0.3 is 5.97 Å². The summed E-state index contributed by atoms with van der Waals surface area (Å²) in [4.78, 5) is 11.2. The molecule has 1 N–H and O–H groups in total. The van der Waals surface area contributed by atoms with Crippen LogP contribution in [0.4, 0.5) is 0 Å². The summed E-state index contributed by atoms with van der Waals surface area (Å²) in [6, 6.07) is 14.5. The number of carboxylic acid groups (broad SMARTS) is 1. The monoisotopic (exact) mass is 340 g/mol. The zero-order valence-electron chi connectivity index (χ0n) is 11.2. The molecule has 0 spiro atoms. The van der Waals surface area contributed by atoms with Crippen molar-refractivity contribution in [3.8, 4) is 5.75 Å². The molecule has 6 nitrogen and oxygen atoms in total. The van der Waals surface area contributed by atoms with Gasteiger partial charge in [-0.15, -0.1) is 0 Å². The van der Waals surface area contributed by atoms with Crippen molar-refractivity contribution in [2.75, 3.05) is 6.61 Å². The number of carboxylic acids is 1. The fourth-order valence-corrected chi connectivity index (χ4v) is 2.91. The fourth-order valence-electron chi connectivity index (χ4n) is 1.45. The molecule has 116 valence electrons. The Labute approximate surface area is 132 Å². The predicted octanol–water partition coefficient (Wildman–Crippen LogP) is 1.91. The molecular formula is C14H12O6S2. The summed E-state index contributed by atoms with van der Waals surface area (Å²) < 4.78 is 33.5. The van der Waals surface area contributed by atoms with Gasteiger partial charge in [0.2, 0.25) is 11.1 Å². The Morgan fingerprint density at radius 2 is 1.50 bits per heavy atom. The normalized spacial score (nSPS) is 13.3. The molecule has 0 heterocycles. The second kappa shape index (κ2) is 7.83. The Balaban J connectivity index is 1.98. The summed E-state index contributed by atoms with van der Waals surface area (Å²) in [7, 11) is 0. The number of hydrogen-bond acceptors (Lipinski definition) is 5. The lowest BCUT2D eigenvalue weighted by Gasteiger charge is -2.06. The van der Waals surface area contributed by atoms with E-state index in [1.54, 1.807) is 24.3 Å². The van der Waals surface area contributed by atoms with Crippen molar-refractivity contribution in [2.45, 2.75) is 9.79 Å². The van der Waals surface area contributed by atoms with Gasteiger partial charge in [0.05, 0.1) is 9.79 Å². The molecule has 22 heavy (non-hydrogen) atoms. The SMILES string of the molecule is O=C(O)COS(=O)c1ccc(OS(=O)c2ccccc2)cc1. The maximum absolute atomic E-state index is 11.9. The molecule has 8 heteroatoms. The number of rotatable bonds is 7. The topological polar surface area (TPSA) is 89.9 Å². The van der Waals surface area contributed by atoms with Gasteiger partial charge in [-0.1, -0.05) is 18.2 Å². The maximum atomic E-state index is 11.9. The third-order valence-corrected chi connectivity index (χ3v) is 4.40. The highest BCUT2D eigenvalue weighted by Crippen LogP contribution is 2.18. The Bertz CT molecular complexity index is 684. The van der Waals surface area contributed by atoms with Crippen LogP contribution in [0.3, 0.4) is 0 Å². The molecule has 0 fully saturated rings. The third-order valence-electron chi connectivity index (χ3n) is 2.41. The standard InChI is InChI=1S/C14H12O6S2/c15-14(16)10-19-21(17)13-8-6-11(7-9-13)20-22(18)12-4-2-1-3-5-12/h1-9H,10H2,(H,15,16). The molecule has 2 aromatic carbocycles. The first-order valence-corrected chi connectivity index (χ1v) is 8.23. The summed E-state index contributed by atoms with van der Waals surface area (Å²) in [6.07, 6.45) is 0. The second-order valence-corrected chi connectivity index (χ2v) is 6.28. The smallest absolute Gasteiger partial charge is 0.331 e. The average Bonchev–Trinajstić information content (AvgIpc) is 2.54. The van der Waals surface area contributed by atoms with E-state index in [1.165, 1.54) is 24.3 Å². The fraction of sp³-hybridized carbons (Fsp3) is 0.0714. The molecule has 0 aliphatic rings. The highest BCUT2D eigenvalue weighted by molar-refractivity contribution is 7.80. The minimum absolute atomic E-state index is 0.291. The molecule has 0 aliphatic carbocycles. The van der Waals surface area contributed by atoms with Gasteiger partial charge in [0.15, 0.2) is 17.7 Å². The minimum Gasteiger partial charge on any atom is -0.479 e. The molecule has 2 rings (SSSR count). The van der Waals surface area contributed by atoms with Crippen molar-refractivity contribution in [1.29, 1.82) is 0 Å². The van der Waals surface area contributed by atoms with Crippen LogP contribution in [0.5, 0.6) is 5.75 Å². The zero-order chi connectivity index (χ0) is 15.9. The largest absolute Gasteiger partial charge is 0.479 e. The lowest BCUT2D eigenvalue weighted by Crippen LogP contribution is -2.09. The van der Waals surface area contributed by atoms with Crippen molar-refractivity contribution >= 4 is 28.1 Å². The van der Waals surface area contributed by atoms with E-state index in [-0.39, 0.29) is 0 Å². The van der Waals surface area contributed by atoms with E-state index >= 15 is 0 Å². The van der Waals surface area contributed by atoms with Crippen LogP contribution in [0.2, 0.25) is 0 Å². The number of hydrogen-bond donors (Lipinski definition) is 1. The molecule has 0 saturated heterocycles. The van der Waals surface area contributed by atoms with Gasteiger partial charge in [0.25, 0.3) is 0 Å². The highest BCUT2D eigenvalue weighted by Gasteiger charge is 2.09.